The molecule has 0 amide bonds. The maximum absolute atomic E-state index is 3.95. The molecule has 41 valence electrons. The molecule has 1 radical (unpaired) electrons. The van der Waals surface area contributed by atoms with Crippen LogP contribution in [0.2, 0.25) is 0 Å². The van der Waals surface area contributed by atoms with E-state index < -0.39 is 0 Å². The van der Waals surface area contributed by atoms with E-state index in [0.29, 0.717) is 0 Å². The van der Waals surface area contributed by atoms with Gasteiger partial charge in [-0.15, -0.1) is 0 Å². The summed E-state index contributed by atoms with van der Waals surface area (Å²) in [6.07, 6.45) is 2.85. The zero-order valence-electron chi connectivity index (χ0n) is 5.10. The van der Waals surface area contributed by atoms with Crippen molar-refractivity contribution in [1.29, 1.82) is 0 Å². The van der Waals surface area contributed by atoms with Gasteiger partial charge in [0.1, 0.15) is 0 Å². The van der Waals surface area contributed by atoms with E-state index in [1.807, 2.05) is 26.0 Å². The van der Waals surface area contributed by atoms with Crippen molar-refractivity contribution in [2.45, 2.75) is 13.8 Å². The van der Waals surface area contributed by atoms with Crippen molar-refractivity contribution >= 4 is 0 Å². The average Bonchev–Trinajstić information content (AvgIpc) is 1.77. The monoisotopic (exact) mass is 106 g/mol. The number of hydrogen-bond donors (Lipinski definition) is 0. The lowest BCUT2D eigenvalue weighted by Gasteiger charge is -1.88. The number of nitrogens with zero attached hydrogens (tertiary/aromatic N) is 1. The Labute approximate surface area is 49.4 Å². The summed E-state index contributed by atoms with van der Waals surface area (Å²) in [6.45, 7) is 3.93. The molecule has 1 aromatic rings. The quantitative estimate of drug-likeness (QED) is 0.488. The molecule has 0 atom stereocenters. The first-order valence-corrected chi connectivity index (χ1v) is 2.61. The predicted octanol–water partition coefficient (Wildman–Crippen LogP) is 1.50. The fourth-order valence-electron chi connectivity index (χ4n) is 0.496. The molecule has 1 nitrogen and oxygen atoms in total. The lowest BCUT2D eigenvalue weighted by molar-refractivity contribution is 1.16. The fraction of sp³-hybridized carbons (Fsp3) is 0.286. The second-order valence-electron chi connectivity index (χ2n) is 1.88. The van der Waals surface area contributed by atoms with Gasteiger partial charge in [-0.2, -0.15) is 0 Å². The summed E-state index contributed by atoms with van der Waals surface area (Å²) in [5, 5.41) is 0. The van der Waals surface area contributed by atoms with E-state index in [2.05, 4.69) is 11.2 Å². The standard InChI is InChI=1S/C7H8N/c1-6-3-4-7(2)8-5-6/h3-4H,1-2H3. The second kappa shape index (κ2) is 1.95. The van der Waals surface area contributed by atoms with E-state index in [1.165, 1.54) is 0 Å². The van der Waals surface area contributed by atoms with Gasteiger partial charge in [-0.1, -0.05) is 6.07 Å². The van der Waals surface area contributed by atoms with Gasteiger partial charge in [0, 0.05) is 5.69 Å². The third kappa shape index (κ3) is 1.06. The highest BCUT2D eigenvalue weighted by molar-refractivity contribution is 5.09. The van der Waals surface area contributed by atoms with Crippen molar-refractivity contribution in [3.63, 3.8) is 0 Å². The van der Waals surface area contributed by atoms with Crippen LogP contribution in [-0.4, -0.2) is 4.98 Å². The molecule has 1 heteroatoms. The van der Waals surface area contributed by atoms with Crippen molar-refractivity contribution in [3.05, 3.63) is 29.6 Å². The molecule has 0 spiro atoms. The summed E-state index contributed by atoms with van der Waals surface area (Å²) in [5.74, 6) is 0. The molecule has 0 bridgehead atoms. The van der Waals surface area contributed by atoms with Gasteiger partial charge in [0.2, 0.25) is 0 Å². The third-order valence-electron chi connectivity index (χ3n) is 0.983. The molecule has 0 saturated heterocycles. The second-order valence-corrected chi connectivity index (χ2v) is 1.88. The number of pyridine rings is 1. The first-order chi connectivity index (χ1) is 3.79. The maximum Gasteiger partial charge on any atom is 0.0921 e. The first kappa shape index (κ1) is 5.29. The van der Waals surface area contributed by atoms with Crippen LogP contribution in [0, 0.1) is 20.0 Å². The van der Waals surface area contributed by atoms with E-state index in [0.717, 1.165) is 11.3 Å². The van der Waals surface area contributed by atoms with Crippen LogP contribution in [0.15, 0.2) is 12.1 Å². The van der Waals surface area contributed by atoms with E-state index in [-0.39, 0.29) is 0 Å². The van der Waals surface area contributed by atoms with Crippen LogP contribution in [0.3, 0.4) is 0 Å². The lowest BCUT2D eigenvalue weighted by atomic mass is 10.3. The van der Waals surface area contributed by atoms with Crippen molar-refractivity contribution in [2.24, 2.45) is 0 Å². The summed E-state index contributed by atoms with van der Waals surface area (Å²) in [6, 6.07) is 3.98. The van der Waals surface area contributed by atoms with Gasteiger partial charge in [-0.05, 0) is 25.5 Å². The van der Waals surface area contributed by atoms with E-state index in [9.17, 15) is 0 Å². The van der Waals surface area contributed by atoms with Gasteiger partial charge in [-0.3, -0.25) is 4.98 Å². The van der Waals surface area contributed by atoms with Gasteiger partial charge >= 0.3 is 0 Å². The van der Waals surface area contributed by atoms with Gasteiger partial charge in [0.25, 0.3) is 0 Å². The maximum atomic E-state index is 3.95. The van der Waals surface area contributed by atoms with Gasteiger partial charge in [-0.25, -0.2) is 0 Å². The normalized spacial score (nSPS) is 9.25. The number of hydrogen-bond acceptors (Lipinski definition) is 1. The Morgan fingerprint density at radius 2 is 2.12 bits per heavy atom. The average molecular weight is 106 g/mol. The molecule has 0 unspecified atom stereocenters. The minimum absolute atomic E-state index is 1.02. The molecule has 0 aromatic carbocycles. The molecule has 8 heavy (non-hydrogen) atoms. The Balaban J connectivity index is 3.03. The van der Waals surface area contributed by atoms with Gasteiger partial charge < -0.3 is 0 Å². The zero-order valence-corrected chi connectivity index (χ0v) is 5.10. The molecule has 0 saturated carbocycles. The highest BCUT2D eigenvalue weighted by Gasteiger charge is 1.82. The van der Waals surface area contributed by atoms with Crippen LogP contribution >= 0.6 is 0 Å². The van der Waals surface area contributed by atoms with Gasteiger partial charge in [0.15, 0.2) is 0 Å². The van der Waals surface area contributed by atoms with Crippen molar-refractivity contribution in [1.82, 2.24) is 4.98 Å². The molecule has 1 heterocycles. The first-order valence-electron chi connectivity index (χ1n) is 2.61. The summed E-state index contributed by atoms with van der Waals surface area (Å²) < 4.78 is 0. The molecule has 0 N–H and O–H groups in total. The van der Waals surface area contributed by atoms with Gasteiger partial charge in [0.05, 0.1) is 6.20 Å². The Kier molecular flexibility index (Phi) is 1.29. The minimum Gasteiger partial charge on any atom is -0.251 e. The zero-order chi connectivity index (χ0) is 5.98. The van der Waals surface area contributed by atoms with Crippen LogP contribution in [0.1, 0.15) is 11.3 Å². The van der Waals surface area contributed by atoms with Crippen molar-refractivity contribution in [2.75, 3.05) is 0 Å². The summed E-state index contributed by atoms with van der Waals surface area (Å²) >= 11 is 0. The molecular weight excluding hydrogens is 98.1 g/mol. The van der Waals surface area contributed by atoms with Crippen LogP contribution in [-0.2, 0) is 0 Å². The largest absolute Gasteiger partial charge is 0.251 e. The number of aromatic nitrogens is 1. The molecule has 0 aliphatic heterocycles. The molecule has 1 rings (SSSR count). The van der Waals surface area contributed by atoms with E-state index >= 15 is 0 Å². The van der Waals surface area contributed by atoms with Crippen molar-refractivity contribution < 1.29 is 0 Å². The summed E-state index contributed by atoms with van der Waals surface area (Å²) in [4.78, 5) is 3.95. The van der Waals surface area contributed by atoms with Crippen LogP contribution < -0.4 is 0 Å². The van der Waals surface area contributed by atoms with Crippen molar-refractivity contribution in [3.8, 4) is 0 Å². The smallest absolute Gasteiger partial charge is 0.0921 e. The highest BCUT2D eigenvalue weighted by Crippen LogP contribution is 1.93. The number of aryl methyl sites for hydroxylation is 2. The Hall–Kier alpha value is -0.850. The Bertz CT molecular complexity index is 143. The molecular formula is C7H8N. The highest BCUT2D eigenvalue weighted by atomic mass is 14.6. The van der Waals surface area contributed by atoms with E-state index in [4.69, 9.17) is 0 Å². The fourth-order valence-corrected chi connectivity index (χ4v) is 0.496. The van der Waals surface area contributed by atoms with Crippen LogP contribution in [0.25, 0.3) is 0 Å². The van der Waals surface area contributed by atoms with E-state index in [1.54, 1.807) is 0 Å². The Morgan fingerprint density at radius 3 is 2.50 bits per heavy atom. The van der Waals surface area contributed by atoms with Crippen LogP contribution in [0.4, 0.5) is 0 Å². The molecule has 0 fully saturated rings. The Morgan fingerprint density at radius 1 is 1.38 bits per heavy atom. The third-order valence-corrected chi connectivity index (χ3v) is 0.983. The molecule has 1 aromatic heterocycles. The predicted molar refractivity (Wildman–Crippen MR) is 32.5 cm³/mol. The number of rotatable bonds is 0. The molecule has 0 aliphatic rings. The van der Waals surface area contributed by atoms with Crippen LogP contribution in [0.5, 0.6) is 0 Å². The molecule has 0 aliphatic carbocycles. The SMILES string of the molecule is Cc1[c]nc(C)cc1. The summed E-state index contributed by atoms with van der Waals surface area (Å²) in [5.41, 5.74) is 2.12. The lowest BCUT2D eigenvalue weighted by Crippen LogP contribution is -1.79. The topological polar surface area (TPSA) is 12.9 Å². The summed E-state index contributed by atoms with van der Waals surface area (Å²) in [7, 11) is 0. The minimum atomic E-state index is 1.02.